The highest BCUT2D eigenvalue weighted by Crippen LogP contribution is 2.32. The number of hydrogen-bond acceptors (Lipinski definition) is 3. The highest BCUT2D eigenvalue weighted by molar-refractivity contribution is 5.76. The fourth-order valence-corrected chi connectivity index (χ4v) is 2.20. The number of carbonyl (C=O) groups excluding carboxylic acids is 1. The van der Waals surface area contributed by atoms with E-state index < -0.39 is 0 Å². The highest BCUT2D eigenvalue weighted by Gasteiger charge is 2.30. The minimum Gasteiger partial charge on any atom is -0.378 e. The van der Waals surface area contributed by atoms with E-state index in [1.54, 1.807) is 0 Å². The van der Waals surface area contributed by atoms with Gasteiger partial charge in [-0.25, -0.2) is 0 Å². The van der Waals surface area contributed by atoms with Crippen LogP contribution < -0.4 is 11.1 Å². The standard InChI is InChI=1S/C13H26N2O2/c1-3-17-12-7-11(8-12)9-13(16)15-6-4-5-10(2)14/h10-12H,3-9,14H2,1-2H3,(H,15,16). The maximum atomic E-state index is 11.6. The molecule has 4 nitrogen and oxygen atoms in total. The molecule has 1 aliphatic carbocycles. The van der Waals surface area contributed by atoms with Crippen molar-refractivity contribution < 1.29 is 9.53 Å². The summed E-state index contributed by atoms with van der Waals surface area (Å²) in [6.45, 7) is 5.53. The number of amides is 1. The fraction of sp³-hybridized carbons (Fsp3) is 0.923. The summed E-state index contributed by atoms with van der Waals surface area (Å²) in [5.74, 6) is 0.703. The molecule has 3 N–H and O–H groups in total. The van der Waals surface area contributed by atoms with Gasteiger partial charge in [-0.15, -0.1) is 0 Å². The van der Waals surface area contributed by atoms with Crippen LogP contribution in [0.2, 0.25) is 0 Å². The number of nitrogens with one attached hydrogen (secondary N) is 1. The van der Waals surface area contributed by atoms with E-state index in [2.05, 4.69) is 5.32 Å². The Labute approximate surface area is 104 Å². The first-order valence-electron chi connectivity index (χ1n) is 6.75. The van der Waals surface area contributed by atoms with E-state index in [0.717, 1.165) is 38.8 Å². The molecule has 0 aliphatic heterocycles. The van der Waals surface area contributed by atoms with Crippen LogP contribution in [0.15, 0.2) is 0 Å². The van der Waals surface area contributed by atoms with Gasteiger partial charge in [0.25, 0.3) is 0 Å². The summed E-state index contributed by atoms with van der Waals surface area (Å²) in [5.41, 5.74) is 5.64. The molecule has 1 saturated carbocycles. The van der Waals surface area contributed by atoms with Gasteiger partial charge in [-0.05, 0) is 45.4 Å². The van der Waals surface area contributed by atoms with E-state index in [4.69, 9.17) is 10.5 Å². The van der Waals surface area contributed by atoms with Crippen LogP contribution in [-0.2, 0) is 9.53 Å². The van der Waals surface area contributed by atoms with Crippen molar-refractivity contribution in [2.24, 2.45) is 11.7 Å². The van der Waals surface area contributed by atoms with E-state index in [9.17, 15) is 4.79 Å². The molecule has 17 heavy (non-hydrogen) atoms. The van der Waals surface area contributed by atoms with E-state index in [-0.39, 0.29) is 11.9 Å². The predicted molar refractivity (Wildman–Crippen MR) is 68.6 cm³/mol. The zero-order chi connectivity index (χ0) is 12.7. The van der Waals surface area contributed by atoms with Crippen molar-refractivity contribution in [2.75, 3.05) is 13.2 Å². The Morgan fingerprint density at radius 3 is 2.82 bits per heavy atom. The molecule has 0 aromatic heterocycles. The first-order chi connectivity index (χ1) is 8.11. The summed E-state index contributed by atoms with van der Waals surface area (Å²) >= 11 is 0. The lowest BCUT2D eigenvalue weighted by atomic mass is 9.80. The summed E-state index contributed by atoms with van der Waals surface area (Å²) in [7, 11) is 0. The Morgan fingerprint density at radius 2 is 2.24 bits per heavy atom. The Hall–Kier alpha value is -0.610. The third kappa shape index (κ3) is 6.03. The zero-order valence-electron chi connectivity index (χ0n) is 11.1. The van der Waals surface area contributed by atoms with Gasteiger partial charge in [-0.1, -0.05) is 0 Å². The number of ether oxygens (including phenoxy) is 1. The molecule has 1 unspecified atom stereocenters. The van der Waals surface area contributed by atoms with Crippen molar-refractivity contribution in [3.05, 3.63) is 0 Å². The molecule has 0 saturated heterocycles. The lowest BCUT2D eigenvalue weighted by Gasteiger charge is -2.34. The minimum absolute atomic E-state index is 0.176. The molecule has 4 heteroatoms. The second-order valence-electron chi connectivity index (χ2n) is 5.09. The van der Waals surface area contributed by atoms with Crippen LogP contribution in [0.25, 0.3) is 0 Å². The molecule has 1 aliphatic rings. The molecule has 0 bridgehead atoms. The van der Waals surface area contributed by atoms with Gasteiger partial charge in [-0.3, -0.25) is 4.79 Å². The van der Waals surface area contributed by atoms with Crippen molar-refractivity contribution in [3.8, 4) is 0 Å². The smallest absolute Gasteiger partial charge is 0.220 e. The van der Waals surface area contributed by atoms with E-state index in [1.807, 2.05) is 13.8 Å². The fourth-order valence-electron chi connectivity index (χ4n) is 2.20. The molecule has 0 aromatic rings. The molecule has 1 amide bonds. The molecular weight excluding hydrogens is 216 g/mol. The first-order valence-corrected chi connectivity index (χ1v) is 6.75. The van der Waals surface area contributed by atoms with Crippen LogP contribution in [-0.4, -0.2) is 31.2 Å². The van der Waals surface area contributed by atoms with Gasteiger partial charge in [-0.2, -0.15) is 0 Å². The van der Waals surface area contributed by atoms with Gasteiger partial charge in [0.05, 0.1) is 6.10 Å². The third-order valence-corrected chi connectivity index (χ3v) is 3.23. The second kappa shape index (κ2) is 7.67. The maximum Gasteiger partial charge on any atom is 0.220 e. The third-order valence-electron chi connectivity index (χ3n) is 3.23. The molecule has 1 fully saturated rings. The van der Waals surface area contributed by atoms with Crippen LogP contribution in [0, 0.1) is 5.92 Å². The van der Waals surface area contributed by atoms with Gasteiger partial charge in [0.2, 0.25) is 5.91 Å². The topological polar surface area (TPSA) is 64.3 Å². The SMILES string of the molecule is CCOC1CC(CC(=O)NCCCC(C)N)C1. The van der Waals surface area contributed by atoms with Crippen molar-refractivity contribution in [1.82, 2.24) is 5.32 Å². The van der Waals surface area contributed by atoms with Crippen LogP contribution in [0.5, 0.6) is 0 Å². The van der Waals surface area contributed by atoms with E-state index in [0.29, 0.717) is 18.4 Å². The summed E-state index contributed by atoms with van der Waals surface area (Å²) in [6.07, 6.45) is 5.08. The maximum absolute atomic E-state index is 11.6. The quantitative estimate of drug-likeness (QED) is 0.633. The minimum atomic E-state index is 0.176. The summed E-state index contributed by atoms with van der Waals surface area (Å²) < 4.78 is 5.47. The Balaban J connectivity index is 1.96. The second-order valence-corrected chi connectivity index (χ2v) is 5.09. The Kier molecular flexibility index (Phi) is 6.52. The monoisotopic (exact) mass is 242 g/mol. The lowest BCUT2D eigenvalue weighted by Crippen LogP contribution is -2.36. The summed E-state index contributed by atoms with van der Waals surface area (Å²) in [5, 5.41) is 2.95. The summed E-state index contributed by atoms with van der Waals surface area (Å²) in [6, 6.07) is 0.227. The van der Waals surface area contributed by atoms with Gasteiger partial charge in [0.1, 0.15) is 0 Å². The van der Waals surface area contributed by atoms with Crippen molar-refractivity contribution in [3.63, 3.8) is 0 Å². The number of rotatable bonds is 8. The molecule has 0 radical (unpaired) electrons. The molecule has 0 aromatic carbocycles. The van der Waals surface area contributed by atoms with Crippen molar-refractivity contribution in [2.45, 2.75) is 58.1 Å². The number of hydrogen-bond donors (Lipinski definition) is 2. The Bertz CT molecular complexity index is 225. The number of carbonyl (C=O) groups is 1. The zero-order valence-corrected chi connectivity index (χ0v) is 11.1. The van der Waals surface area contributed by atoms with Crippen molar-refractivity contribution in [1.29, 1.82) is 0 Å². The summed E-state index contributed by atoms with van der Waals surface area (Å²) in [4.78, 5) is 11.6. The first kappa shape index (κ1) is 14.5. The van der Waals surface area contributed by atoms with Crippen LogP contribution in [0.1, 0.15) is 46.0 Å². The molecule has 0 heterocycles. The van der Waals surface area contributed by atoms with Gasteiger partial charge in [0.15, 0.2) is 0 Å². The lowest BCUT2D eigenvalue weighted by molar-refractivity contribution is -0.124. The molecule has 1 rings (SSSR count). The molecule has 0 spiro atoms. The molecule has 1 atom stereocenters. The average molecular weight is 242 g/mol. The highest BCUT2D eigenvalue weighted by atomic mass is 16.5. The Morgan fingerprint density at radius 1 is 1.53 bits per heavy atom. The largest absolute Gasteiger partial charge is 0.378 e. The van der Waals surface area contributed by atoms with Crippen molar-refractivity contribution >= 4 is 5.91 Å². The van der Waals surface area contributed by atoms with Crippen LogP contribution in [0.4, 0.5) is 0 Å². The van der Waals surface area contributed by atoms with E-state index in [1.165, 1.54) is 0 Å². The average Bonchev–Trinajstić information content (AvgIpc) is 2.21. The normalized spacial score (nSPS) is 25.1. The molecular formula is C13H26N2O2. The van der Waals surface area contributed by atoms with Gasteiger partial charge in [0, 0.05) is 25.6 Å². The van der Waals surface area contributed by atoms with Gasteiger partial charge < -0.3 is 15.8 Å². The predicted octanol–water partition coefficient (Wildman–Crippen LogP) is 1.44. The van der Waals surface area contributed by atoms with Crippen LogP contribution >= 0.6 is 0 Å². The number of nitrogens with two attached hydrogens (primary N) is 1. The van der Waals surface area contributed by atoms with E-state index >= 15 is 0 Å². The molecule has 100 valence electrons. The van der Waals surface area contributed by atoms with Gasteiger partial charge >= 0.3 is 0 Å². The van der Waals surface area contributed by atoms with Crippen LogP contribution in [0.3, 0.4) is 0 Å².